The first kappa shape index (κ1) is 19.8. The first-order valence-electron chi connectivity index (χ1n) is 9.74. The lowest BCUT2D eigenvalue weighted by molar-refractivity contribution is -0.141. The minimum absolute atomic E-state index is 0.0220. The predicted molar refractivity (Wildman–Crippen MR) is 110 cm³/mol. The summed E-state index contributed by atoms with van der Waals surface area (Å²) in [6.45, 7) is 4.04. The fourth-order valence-electron chi connectivity index (χ4n) is 4.44. The molecule has 0 bridgehead atoms. The quantitative estimate of drug-likeness (QED) is 0.786. The summed E-state index contributed by atoms with van der Waals surface area (Å²) in [7, 11) is 1.34. The summed E-state index contributed by atoms with van der Waals surface area (Å²) in [6.07, 6.45) is 2.73. The molecule has 0 unspecified atom stereocenters. The number of nitrogens with two attached hydrogens (primary N) is 1. The van der Waals surface area contributed by atoms with Crippen LogP contribution in [0.25, 0.3) is 10.9 Å². The molecule has 0 saturated heterocycles. The maximum absolute atomic E-state index is 13.2. The van der Waals surface area contributed by atoms with Crippen molar-refractivity contribution >= 4 is 22.7 Å². The van der Waals surface area contributed by atoms with E-state index in [1.165, 1.54) is 7.11 Å². The summed E-state index contributed by atoms with van der Waals surface area (Å²) in [5, 5.41) is 10.7. The van der Waals surface area contributed by atoms with Crippen molar-refractivity contribution in [3.05, 3.63) is 58.8 Å². The Hall–Kier alpha value is -3.53. The summed E-state index contributed by atoms with van der Waals surface area (Å²) in [4.78, 5) is 25.1. The molecule has 4 rings (SSSR count). The Morgan fingerprint density at radius 2 is 2.10 bits per heavy atom. The van der Waals surface area contributed by atoms with Crippen LogP contribution in [0.3, 0.4) is 0 Å². The summed E-state index contributed by atoms with van der Waals surface area (Å²) < 4.78 is 12.4. The molecule has 2 aromatic rings. The summed E-state index contributed by atoms with van der Waals surface area (Å²) in [5.41, 5.74) is 8.13. The van der Waals surface area contributed by atoms with E-state index in [1.54, 1.807) is 10.8 Å². The first-order valence-corrected chi connectivity index (χ1v) is 9.74. The van der Waals surface area contributed by atoms with Gasteiger partial charge in [-0.3, -0.25) is 9.59 Å². The number of allylic oxidation sites excluding steroid dienone is 3. The van der Waals surface area contributed by atoms with E-state index in [0.717, 1.165) is 16.5 Å². The molecule has 0 amide bonds. The van der Waals surface area contributed by atoms with Crippen molar-refractivity contribution in [1.29, 1.82) is 5.26 Å². The highest BCUT2D eigenvalue weighted by molar-refractivity contribution is 6.01. The standard InChI is InChI=1S/C23H23N3O4/c1-23(2)8-17(27)21-18(9-23)30-22(25)14(10-24)20(21)15-11-26(12-19(28)29-3)16-7-5-4-6-13(15)16/h4-7,11,20H,8-9,12,25H2,1-3H3/t20-/m0/s1. The molecule has 0 radical (unpaired) electrons. The lowest BCUT2D eigenvalue weighted by Crippen LogP contribution is -2.33. The number of ether oxygens (including phenoxy) is 2. The van der Waals surface area contributed by atoms with Crippen molar-refractivity contribution in [2.24, 2.45) is 11.1 Å². The van der Waals surface area contributed by atoms with Gasteiger partial charge in [0, 0.05) is 35.5 Å². The molecule has 1 atom stereocenters. The molecule has 0 spiro atoms. The number of hydrogen-bond donors (Lipinski definition) is 1. The third kappa shape index (κ3) is 3.14. The average molecular weight is 405 g/mol. The Morgan fingerprint density at radius 1 is 1.37 bits per heavy atom. The van der Waals surface area contributed by atoms with Crippen molar-refractivity contribution in [3.63, 3.8) is 0 Å². The number of hydrogen-bond acceptors (Lipinski definition) is 6. The molecule has 2 heterocycles. The molecule has 7 heteroatoms. The van der Waals surface area contributed by atoms with Crippen LogP contribution in [0.1, 0.15) is 38.2 Å². The second-order valence-electron chi connectivity index (χ2n) is 8.51. The number of aromatic nitrogens is 1. The van der Waals surface area contributed by atoms with E-state index in [0.29, 0.717) is 24.2 Å². The van der Waals surface area contributed by atoms with E-state index in [9.17, 15) is 14.9 Å². The van der Waals surface area contributed by atoms with Crippen LogP contribution in [0.2, 0.25) is 0 Å². The molecule has 1 aromatic carbocycles. The molecular formula is C23H23N3O4. The van der Waals surface area contributed by atoms with Crippen molar-refractivity contribution in [1.82, 2.24) is 4.57 Å². The van der Waals surface area contributed by atoms with Crippen LogP contribution in [0.15, 0.2) is 53.3 Å². The number of Topliss-reactive ketones (excluding diaryl/α,β-unsaturated/α-hetero) is 1. The van der Waals surface area contributed by atoms with E-state index < -0.39 is 5.92 Å². The monoisotopic (exact) mass is 405 g/mol. The molecule has 2 aliphatic rings. The molecule has 7 nitrogen and oxygen atoms in total. The average Bonchev–Trinajstić information content (AvgIpc) is 3.04. The van der Waals surface area contributed by atoms with Crippen molar-refractivity contribution in [2.75, 3.05) is 7.11 Å². The van der Waals surface area contributed by atoms with Gasteiger partial charge in [-0.05, 0) is 17.0 Å². The van der Waals surface area contributed by atoms with Gasteiger partial charge < -0.3 is 19.8 Å². The lowest BCUT2D eigenvalue weighted by atomic mass is 9.70. The Labute approximate surface area is 174 Å². The van der Waals surface area contributed by atoms with Gasteiger partial charge >= 0.3 is 5.97 Å². The molecule has 1 aliphatic carbocycles. The molecule has 1 aromatic heterocycles. The van der Waals surface area contributed by atoms with E-state index in [4.69, 9.17) is 15.2 Å². The number of methoxy groups -OCH3 is 1. The van der Waals surface area contributed by atoms with Gasteiger partial charge in [0.2, 0.25) is 5.88 Å². The lowest BCUT2D eigenvalue weighted by Gasteiger charge is -2.37. The molecule has 0 fully saturated rings. The number of nitrogens with zero attached hydrogens (tertiary/aromatic N) is 2. The van der Waals surface area contributed by atoms with Crippen molar-refractivity contribution in [3.8, 4) is 6.07 Å². The Morgan fingerprint density at radius 3 is 2.80 bits per heavy atom. The van der Waals surface area contributed by atoms with Crippen LogP contribution in [0, 0.1) is 16.7 Å². The Balaban J connectivity index is 1.95. The molecule has 1 aliphatic heterocycles. The van der Waals surface area contributed by atoms with Crippen LogP contribution < -0.4 is 5.73 Å². The Bertz CT molecular complexity index is 1180. The topological polar surface area (TPSA) is 107 Å². The smallest absolute Gasteiger partial charge is 0.325 e. The second kappa shape index (κ2) is 7.06. The van der Waals surface area contributed by atoms with E-state index in [1.807, 2.05) is 38.1 Å². The van der Waals surface area contributed by atoms with Crippen LogP contribution in [0.4, 0.5) is 0 Å². The van der Waals surface area contributed by atoms with Gasteiger partial charge in [-0.1, -0.05) is 32.0 Å². The number of fused-ring (bicyclic) bond motifs is 1. The summed E-state index contributed by atoms with van der Waals surface area (Å²) in [5.74, 6) is -0.512. The van der Waals surface area contributed by atoms with Gasteiger partial charge in [-0.25, -0.2) is 0 Å². The van der Waals surface area contributed by atoms with Crippen LogP contribution >= 0.6 is 0 Å². The highest BCUT2D eigenvalue weighted by Gasteiger charge is 2.43. The largest absolute Gasteiger partial charge is 0.468 e. The van der Waals surface area contributed by atoms with Crippen molar-refractivity contribution < 1.29 is 19.1 Å². The number of para-hydroxylation sites is 1. The van der Waals surface area contributed by atoms with Crippen LogP contribution in [-0.2, 0) is 25.6 Å². The number of carbonyl (C=O) groups is 2. The van der Waals surface area contributed by atoms with Gasteiger partial charge in [-0.15, -0.1) is 0 Å². The minimum Gasteiger partial charge on any atom is -0.468 e. The SMILES string of the molecule is COC(=O)Cn1cc([C@@H]2C(C#N)=C(N)OC3=C2C(=O)CC(C)(C)C3)c2ccccc21. The number of nitriles is 1. The minimum atomic E-state index is -0.633. The number of esters is 1. The molecule has 0 saturated carbocycles. The molecular weight excluding hydrogens is 382 g/mol. The van der Waals surface area contributed by atoms with Gasteiger partial charge in [0.25, 0.3) is 0 Å². The van der Waals surface area contributed by atoms with Crippen LogP contribution in [0.5, 0.6) is 0 Å². The predicted octanol–water partition coefficient (Wildman–Crippen LogP) is 3.27. The van der Waals surface area contributed by atoms with Gasteiger partial charge in [0.15, 0.2) is 5.78 Å². The van der Waals surface area contributed by atoms with Gasteiger partial charge in [-0.2, -0.15) is 5.26 Å². The fourth-order valence-corrected chi connectivity index (χ4v) is 4.44. The normalized spacial score (nSPS) is 20.6. The van der Waals surface area contributed by atoms with Crippen molar-refractivity contribution in [2.45, 2.75) is 39.2 Å². The number of benzene rings is 1. The fraction of sp³-hybridized carbons (Fsp3) is 0.348. The number of rotatable bonds is 3. The molecule has 2 N–H and O–H groups in total. The van der Waals surface area contributed by atoms with Gasteiger partial charge in [0.1, 0.15) is 23.9 Å². The highest BCUT2D eigenvalue weighted by atomic mass is 16.5. The number of ketones is 1. The maximum atomic E-state index is 13.2. The first-order chi connectivity index (χ1) is 14.3. The zero-order chi connectivity index (χ0) is 21.6. The zero-order valence-electron chi connectivity index (χ0n) is 17.2. The zero-order valence-corrected chi connectivity index (χ0v) is 17.2. The second-order valence-corrected chi connectivity index (χ2v) is 8.51. The molecule has 30 heavy (non-hydrogen) atoms. The van der Waals surface area contributed by atoms with E-state index in [2.05, 4.69) is 6.07 Å². The Kier molecular flexibility index (Phi) is 4.65. The third-order valence-electron chi connectivity index (χ3n) is 5.73. The van der Waals surface area contributed by atoms with E-state index in [-0.39, 0.29) is 35.2 Å². The number of carbonyl (C=O) groups excluding carboxylic acids is 2. The highest BCUT2D eigenvalue weighted by Crippen LogP contribution is 2.49. The van der Waals surface area contributed by atoms with E-state index >= 15 is 0 Å². The molecule has 154 valence electrons. The van der Waals surface area contributed by atoms with Gasteiger partial charge in [0.05, 0.1) is 13.0 Å². The van der Waals surface area contributed by atoms with Crippen LogP contribution in [-0.4, -0.2) is 23.4 Å². The maximum Gasteiger partial charge on any atom is 0.325 e. The summed E-state index contributed by atoms with van der Waals surface area (Å²) in [6, 6.07) is 9.70. The third-order valence-corrected chi connectivity index (χ3v) is 5.73. The summed E-state index contributed by atoms with van der Waals surface area (Å²) >= 11 is 0.